The summed E-state index contributed by atoms with van der Waals surface area (Å²) in [6, 6.07) is 4.15. The summed E-state index contributed by atoms with van der Waals surface area (Å²) in [5, 5.41) is 12.2. The fraction of sp³-hybridized carbons (Fsp3) is 0.500. The maximum Gasteiger partial charge on any atom is 0.154 e. The SMILES string of the molecule is COCCCc1nnc2n1CCNC2c1ccncc1. The Kier molecular flexibility index (Phi) is 4.03. The second-order valence-corrected chi connectivity index (χ2v) is 4.89. The largest absolute Gasteiger partial charge is 0.385 e. The molecule has 1 atom stereocenters. The van der Waals surface area contributed by atoms with Gasteiger partial charge in [-0.15, -0.1) is 10.2 Å². The van der Waals surface area contributed by atoms with Gasteiger partial charge in [-0.3, -0.25) is 4.98 Å². The molecule has 0 radical (unpaired) electrons. The first-order chi connectivity index (χ1) is 9.90. The summed E-state index contributed by atoms with van der Waals surface area (Å²) < 4.78 is 7.33. The molecule has 0 fully saturated rings. The van der Waals surface area contributed by atoms with Crippen LogP contribution in [0.15, 0.2) is 24.5 Å². The van der Waals surface area contributed by atoms with E-state index < -0.39 is 0 Å². The number of nitrogens with one attached hydrogen (secondary N) is 1. The lowest BCUT2D eigenvalue weighted by molar-refractivity contribution is 0.194. The van der Waals surface area contributed by atoms with Crippen molar-refractivity contribution in [3.05, 3.63) is 41.7 Å². The molecule has 1 aliphatic heterocycles. The van der Waals surface area contributed by atoms with Crippen LogP contribution in [0.5, 0.6) is 0 Å². The molecular weight excluding hydrogens is 254 g/mol. The number of fused-ring (bicyclic) bond motifs is 1. The molecule has 6 heteroatoms. The van der Waals surface area contributed by atoms with Crippen molar-refractivity contribution in [2.24, 2.45) is 0 Å². The fourth-order valence-electron chi connectivity index (χ4n) is 2.60. The molecule has 0 amide bonds. The van der Waals surface area contributed by atoms with Crippen LogP contribution >= 0.6 is 0 Å². The van der Waals surface area contributed by atoms with E-state index >= 15 is 0 Å². The first kappa shape index (κ1) is 13.2. The molecular formula is C14H19N5O. The van der Waals surface area contributed by atoms with Crippen molar-refractivity contribution in [1.29, 1.82) is 0 Å². The Bertz CT molecular complexity index is 554. The van der Waals surface area contributed by atoms with Crippen molar-refractivity contribution >= 4 is 0 Å². The standard InChI is InChI=1S/C14H19N5O/c1-20-10-2-3-12-17-18-14-13(16-8-9-19(12)14)11-4-6-15-7-5-11/h4-7,13,16H,2-3,8-10H2,1H3. The molecule has 0 saturated heterocycles. The molecule has 20 heavy (non-hydrogen) atoms. The Balaban J connectivity index is 1.83. The highest BCUT2D eigenvalue weighted by molar-refractivity contribution is 5.24. The summed E-state index contributed by atoms with van der Waals surface area (Å²) in [6.07, 6.45) is 5.50. The molecule has 0 bridgehead atoms. The van der Waals surface area contributed by atoms with Gasteiger partial charge < -0.3 is 14.6 Å². The molecule has 1 aliphatic rings. The van der Waals surface area contributed by atoms with Crippen molar-refractivity contribution in [2.45, 2.75) is 25.4 Å². The van der Waals surface area contributed by atoms with Crippen molar-refractivity contribution in [2.75, 3.05) is 20.3 Å². The van der Waals surface area contributed by atoms with Crippen LogP contribution < -0.4 is 5.32 Å². The van der Waals surface area contributed by atoms with E-state index in [1.165, 1.54) is 5.56 Å². The van der Waals surface area contributed by atoms with Crippen LogP contribution in [0.1, 0.15) is 29.7 Å². The van der Waals surface area contributed by atoms with Crippen molar-refractivity contribution < 1.29 is 4.74 Å². The number of nitrogens with zero attached hydrogens (tertiary/aromatic N) is 4. The third-order valence-electron chi connectivity index (χ3n) is 3.59. The Morgan fingerprint density at radius 2 is 2.20 bits per heavy atom. The second-order valence-electron chi connectivity index (χ2n) is 4.89. The third-order valence-corrected chi connectivity index (χ3v) is 3.59. The van der Waals surface area contributed by atoms with E-state index in [1.54, 1.807) is 7.11 Å². The van der Waals surface area contributed by atoms with E-state index in [0.29, 0.717) is 0 Å². The highest BCUT2D eigenvalue weighted by Gasteiger charge is 2.25. The first-order valence-electron chi connectivity index (χ1n) is 6.94. The molecule has 0 aromatic carbocycles. The van der Waals surface area contributed by atoms with Gasteiger partial charge in [-0.25, -0.2) is 0 Å². The highest BCUT2D eigenvalue weighted by Crippen LogP contribution is 2.23. The molecule has 0 saturated carbocycles. The molecule has 2 aromatic heterocycles. The van der Waals surface area contributed by atoms with E-state index in [2.05, 4.69) is 25.1 Å². The summed E-state index contributed by atoms with van der Waals surface area (Å²) >= 11 is 0. The molecule has 106 valence electrons. The van der Waals surface area contributed by atoms with Crippen molar-refractivity contribution in [3.63, 3.8) is 0 Å². The normalized spacial score (nSPS) is 17.9. The number of pyridine rings is 1. The zero-order valence-electron chi connectivity index (χ0n) is 11.6. The maximum absolute atomic E-state index is 5.10. The summed E-state index contributed by atoms with van der Waals surface area (Å²) in [5.41, 5.74) is 1.18. The molecule has 3 rings (SSSR count). The summed E-state index contributed by atoms with van der Waals surface area (Å²) in [5.74, 6) is 2.05. The van der Waals surface area contributed by atoms with Crippen molar-refractivity contribution in [1.82, 2.24) is 25.1 Å². The summed E-state index contributed by atoms with van der Waals surface area (Å²) in [4.78, 5) is 4.07. The van der Waals surface area contributed by atoms with Crippen LogP contribution in [-0.4, -0.2) is 40.0 Å². The van der Waals surface area contributed by atoms with E-state index in [1.807, 2.05) is 24.5 Å². The first-order valence-corrected chi connectivity index (χ1v) is 6.94. The quantitative estimate of drug-likeness (QED) is 0.822. The lowest BCUT2D eigenvalue weighted by atomic mass is 10.1. The van der Waals surface area contributed by atoms with E-state index in [-0.39, 0.29) is 6.04 Å². The lowest BCUT2D eigenvalue weighted by Gasteiger charge is -2.25. The van der Waals surface area contributed by atoms with Gasteiger partial charge in [-0.1, -0.05) is 0 Å². The van der Waals surface area contributed by atoms with Crippen LogP contribution in [0.25, 0.3) is 0 Å². The van der Waals surface area contributed by atoms with E-state index in [0.717, 1.165) is 44.2 Å². The van der Waals surface area contributed by atoms with Crippen molar-refractivity contribution in [3.8, 4) is 0 Å². The van der Waals surface area contributed by atoms with Crippen LogP contribution in [0.4, 0.5) is 0 Å². The number of aryl methyl sites for hydroxylation is 1. The van der Waals surface area contributed by atoms with Gasteiger partial charge in [0.2, 0.25) is 0 Å². The van der Waals surface area contributed by atoms with E-state index in [9.17, 15) is 0 Å². The van der Waals surface area contributed by atoms with Gasteiger partial charge in [0, 0.05) is 45.6 Å². The summed E-state index contributed by atoms with van der Waals surface area (Å²) in [7, 11) is 1.72. The Labute approximate surface area is 118 Å². The molecule has 1 N–H and O–H groups in total. The molecule has 2 aromatic rings. The number of hydrogen-bond acceptors (Lipinski definition) is 5. The van der Waals surface area contributed by atoms with Gasteiger partial charge in [-0.05, 0) is 24.1 Å². The molecule has 0 spiro atoms. The average Bonchev–Trinajstić information content (AvgIpc) is 2.92. The predicted octanol–water partition coefficient (Wildman–Crippen LogP) is 0.945. The highest BCUT2D eigenvalue weighted by atomic mass is 16.5. The average molecular weight is 273 g/mol. The Hall–Kier alpha value is -1.79. The minimum absolute atomic E-state index is 0.107. The van der Waals surface area contributed by atoms with Gasteiger partial charge in [0.05, 0.1) is 6.04 Å². The van der Waals surface area contributed by atoms with Crippen LogP contribution in [0.3, 0.4) is 0 Å². The topological polar surface area (TPSA) is 64.9 Å². The number of rotatable bonds is 5. The lowest BCUT2D eigenvalue weighted by Crippen LogP contribution is -2.35. The third kappa shape index (κ3) is 2.57. The molecule has 6 nitrogen and oxygen atoms in total. The zero-order chi connectivity index (χ0) is 13.8. The van der Waals surface area contributed by atoms with Gasteiger partial charge in [0.1, 0.15) is 5.82 Å². The number of aromatic nitrogens is 4. The second kappa shape index (κ2) is 6.11. The smallest absolute Gasteiger partial charge is 0.154 e. The maximum atomic E-state index is 5.10. The minimum atomic E-state index is 0.107. The van der Waals surface area contributed by atoms with Gasteiger partial charge >= 0.3 is 0 Å². The number of ether oxygens (including phenoxy) is 1. The minimum Gasteiger partial charge on any atom is -0.385 e. The molecule has 1 unspecified atom stereocenters. The fourth-order valence-corrected chi connectivity index (χ4v) is 2.60. The zero-order valence-corrected chi connectivity index (χ0v) is 11.6. The van der Waals surface area contributed by atoms with Gasteiger partial charge in [-0.2, -0.15) is 0 Å². The molecule has 0 aliphatic carbocycles. The van der Waals surface area contributed by atoms with Gasteiger partial charge in [0.15, 0.2) is 5.82 Å². The Morgan fingerprint density at radius 3 is 3.00 bits per heavy atom. The number of methoxy groups -OCH3 is 1. The number of hydrogen-bond donors (Lipinski definition) is 1. The monoisotopic (exact) mass is 273 g/mol. The van der Waals surface area contributed by atoms with Crippen LogP contribution in [-0.2, 0) is 17.7 Å². The van der Waals surface area contributed by atoms with Crippen LogP contribution in [0, 0.1) is 0 Å². The van der Waals surface area contributed by atoms with Crippen LogP contribution in [0.2, 0.25) is 0 Å². The molecule has 3 heterocycles. The van der Waals surface area contributed by atoms with Gasteiger partial charge in [0.25, 0.3) is 0 Å². The Morgan fingerprint density at radius 1 is 1.35 bits per heavy atom. The van der Waals surface area contributed by atoms with E-state index in [4.69, 9.17) is 4.74 Å². The summed E-state index contributed by atoms with van der Waals surface area (Å²) in [6.45, 7) is 2.61. The predicted molar refractivity (Wildman–Crippen MR) is 74.3 cm³/mol.